The number of carbonyl (C=O) groups excluding carboxylic acids is 1. The Morgan fingerprint density at radius 2 is 1.91 bits per heavy atom. The van der Waals surface area contributed by atoms with Gasteiger partial charge >= 0.3 is 0 Å². The van der Waals surface area contributed by atoms with E-state index in [4.69, 9.17) is 11.6 Å². The summed E-state index contributed by atoms with van der Waals surface area (Å²) in [5.74, 6) is 0.455. The molecule has 0 saturated heterocycles. The van der Waals surface area contributed by atoms with Crippen LogP contribution in [0, 0.1) is 0 Å². The van der Waals surface area contributed by atoms with Gasteiger partial charge in [-0.15, -0.1) is 0 Å². The fourth-order valence-corrected chi connectivity index (χ4v) is 2.81. The second-order valence-electron chi connectivity index (χ2n) is 6.01. The third kappa shape index (κ3) is 3.57. The van der Waals surface area contributed by atoms with E-state index in [0.717, 1.165) is 22.2 Å². The van der Waals surface area contributed by atoms with Crippen molar-refractivity contribution in [3.05, 3.63) is 64.8 Å². The number of fused-ring (bicyclic) bond motifs is 1. The molecule has 23 heavy (non-hydrogen) atoms. The zero-order chi connectivity index (χ0) is 16.4. The largest absolute Gasteiger partial charge is 0.361 e. The Labute approximate surface area is 140 Å². The minimum Gasteiger partial charge on any atom is -0.361 e. The SMILES string of the molecule is CC(C)c1ccc(NC(=O)Cc2c[nH]c3cc(Cl)ccc23)cc1. The molecule has 4 heteroatoms. The van der Waals surface area contributed by atoms with Gasteiger partial charge in [-0.25, -0.2) is 0 Å². The molecule has 118 valence electrons. The van der Waals surface area contributed by atoms with Crippen molar-refractivity contribution in [2.24, 2.45) is 0 Å². The van der Waals surface area contributed by atoms with Gasteiger partial charge in [-0.1, -0.05) is 43.6 Å². The lowest BCUT2D eigenvalue weighted by atomic mass is 10.0. The van der Waals surface area contributed by atoms with E-state index >= 15 is 0 Å². The van der Waals surface area contributed by atoms with Crippen molar-refractivity contribution in [2.75, 3.05) is 5.32 Å². The van der Waals surface area contributed by atoms with E-state index in [-0.39, 0.29) is 5.91 Å². The minimum atomic E-state index is -0.0295. The topological polar surface area (TPSA) is 44.9 Å². The standard InChI is InChI=1S/C19H19ClN2O/c1-12(2)13-3-6-16(7-4-13)22-19(23)9-14-11-21-18-10-15(20)5-8-17(14)18/h3-8,10-12,21H,9H2,1-2H3,(H,22,23). The Morgan fingerprint density at radius 3 is 2.61 bits per heavy atom. The summed E-state index contributed by atoms with van der Waals surface area (Å²) in [5, 5.41) is 4.65. The number of benzene rings is 2. The highest BCUT2D eigenvalue weighted by atomic mass is 35.5. The molecule has 0 radical (unpaired) electrons. The van der Waals surface area contributed by atoms with Crippen LogP contribution < -0.4 is 5.32 Å². The van der Waals surface area contributed by atoms with Gasteiger partial charge in [0.1, 0.15) is 0 Å². The smallest absolute Gasteiger partial charge is 0.228 e. The summed E-state index contributed by atoms with van der Waals surface area (Å²) < 4.78 is 0. The van der Waals surface area contributed by atoms with E-state index in [1.807, 2.05) is 48.7 Å². The second-order valence-corrected chi connectivity index (χ2v) is 6.44. The van der Waals surface area contributed by atoms with Crippen molar-refractivity contribution >= 4 is 34.1 Å². The van der Waals surface area contributed by atoms with Gasteiger partial charge < -0.3 is 10.3 Å². The van der Waals surface area contributed by atoms with Gasteiger partial charge in [0.05, 0.1) is 6.42 Å². The molecule has 3 nitrogen and oxygen atoms in total. The number of hydrogen-bond acceptors (Lipinski definition) is 1. The predicted molar refractivity (Wildman–Crippen MR) is 96.2 cm³/mol. The lowest BCUT2D eigenvalue weighted by Gasteiger charge is -2.08. The molecule has 0 bridgehead atoms. The Hall–Kier alpha value is -2.26. The third-order valence-electron chi connectivity index (χ3n) is 3.94. The first-order chi connectivity index (χ1) is 11.0. The van der Waals surface area contributed by atoms with Crippen molar-refractivity contribution in [3.63, 3.8) is 0 Å². The van der Waals surface area contributed by atoms with Crippen LogP contribution in [-0.4, -0.2) is 10.9 Å². The Bertz CT molecular complexity index is 834. The van der Waals surface area contributed by atoms with E-state index < -0.39 is 0 Å². The maximum Gasteiger partial charge on any atom is 0.228 e. The Kier molecular flexibility index (Phi) is 4.39. The Balaban J connectivity index is 1.71. The molecule has 1 aromatic heterocycles. The average molecular weight is 327 g/mol. The number of aromatic nitrogens is 1. The number of anilines is 1. The van der Waals surface area contributed by atoms with Crippen LogP contribution in [0.2, 0.25) is 5.02 Å². The number of halogens is 1. The molecule has 0 aliphatic heterocycles. The number of H-pyrrole nitrogens is 1. The van der Waals surface area contributed by atoms with E-state index in [1.54, 1.807) is 0 Å². The van der Waals surface area contributed by atoms with Crippen molar-refractivity contribution < 1.29 is 4.79 Å². The summed E-state index contributed by atoms with van der Waals surface area (Å²) in [5.41, 5.74) is 3.99. The molecule has 2 aromatic carbocycles. The average Bonchev–Trinajstić information content (AvgIpc) is 2.89. The predicted octanol–water partition coefficient (Wildman–Crippen LogP) is 5.13. The first-order valence-corrected chi connectivity index (χ1v) is 8.06. The highest BCUT2D eigenvalue weighted by molar-refractivity contribution is 6.31. The molecule has 0 aliphatic rings. The normalized spacial score (nSPS) is 11.1. The van der Waals surface area contributed by atoms with Gasteiger partial charge in [-0.05, 0) is 41.3 Å². The summed E-state index contributed by atoms with van der Waals surface area (Å²) in [6.07, 6.45) is 2.19. The van der Waals surface area contributed by atoms with Crippen molar-refractivity contribution in [2.45, 2.75) is 26.2 Å². The third-order valence-corrected chi connectivity index (χ3v) is 4.18. The summed E-state index contributed by atoms with van der Waals surface area (Å²) in [6, 6.07) is 13.6. The highest BCUT2D eigenvalue weighted by Gasteiger charge is 2.10. The number of hydrogen-bond donors (Lipinski definition) is 2. The van der Waals surface area contributed by atoms with Crippen LogP contribution in [-0.2, 0) is 11.2 Å². The van der Waals surface area contributed by atoms with Gasteiger partial charge in [0.2, 0.25) is 5.91 Å². The molecular formula is C19H19ClN2O. The first kappa shape index (κ1) is 15.6. The quantitative estimate of drug-likeness (QED) is 0.686. The van der Waals surface area contributed by atoms with Crippen molar-refractivity contribution in [1.82, 2.24) is 4.98 Å². The fourth-order valence-electron chi connectivity index (χ4n) is 2.63. The zero-order valence-electron chi connectivity index (χ0n) is 13.2. The number of nitrogens with one attached hydrogen (secondary N) is 2. The van der Waals surface area contributed by atoms with Crippen LogP contribution in [0.4, 0.5) is 5.69 Å². The van der Waals surface area contributed by atoms with Gasteiger partial charge in [0.15, 0.2) is 0 Å². The lowest BCUT2D eigenvalue weighted by Crippen LogP contribution is -2.14. The van der Waals surface area contributed by atoms with E-state index in [0.29, 0.717) is 17.4 Å². The second kappa shape index (κ2) is 6.47. The van der Waals surface area contributed by atoms with Gasteiger partial charge in [-0.3, -0.25) is 4.79 Å². The highest BCUT2D eigenvalue weighted by Crippen LogP contribution is 2.23. The van der Waals surface area contributed by atoms with Crippen LogP contribution >= 0.6 is 11.6 Å². The molecule has 0 atom stereocenters. The maximum atomic E-state index is 12.3. The molecule has 3 aromatic rings. The van der Waals surface area contributed by atoms with Crippen molar-refractivity contribution in [1.29, 1.82) is 0 Å². The summed E-state index contributed by atoms with van der Waals surface area (Å²) in [4.78, 5) is 15.4. The number of amides is 1. The molecule has 1 amide bonds. The lowest BCUT2D eigenvalue weighted by molar-refractivity contribution is -0.115. The van der Waals surface area contributed by atoms with E-state index in [9.17, 15) is 4.79 Å². The van der Waals surface area contributed by atoms with Crippen LogP contribution in [0.5, 0.6) is 0 Å². The van der Waals surface area contributed by atoms with Crippen LogP contribution in [0.25, 0.3) is 10.9 Å². The monoisotopic (exact) mass is 326 g/mol. The molecule has 3 rings (SSSR count). The first-order valence-electron chi connectivity index (χ1n) is 7.68. The molecule has 2 N–H and O–H groups in total. The summed E-state index contributed by atoms with van der Waals surface area (Å²) >= 11 is 5.98. The van der Waals surface area contributed by atoms with Gasteiger partial charge in [0, 0.05) is 27.8 Å². The van der Waals surface area contributed by atoms with Crippen LogP contribution in [0.15, 0.2) is 48.7 Å². The fraction of sp³-hybridized carbons (Fsp3) is 0.211. The number of carbonyl (C=O) groups is 1. The van der Waals surface area contributed by atoms with Gasteiger partial charge in [-0.2, -0.15) is 0 Å². The number of aromatic amines is 1. The summed E-state index contributed by atoms with van der Waals surface area (Å²) in [7, 11) is 0. The maximum absolute atomic E-state index is 12.3. The van der Waals surface area contributed by atoms with Crippen LogP contribution in [0.3, 0.4) is 0 Å². The van der Waals surface area contributed by atoms with Crippen molar-refractivity contribution in [3.8, 4) is 0 Å². The summed E-state index contributed by atoms with van der Waals surface area (Å²) in [6.45, 7) is 4.30. The van der Waals surface area contributed by atoms with Gasteiger partial charge in [0.25, 0.3) is 0 Å². The Morgan fingerprint density at radius 1 is 1.17 bits per heavy atom. The minimum absolute atomic E-state index is 0.0295. The molecule has 1 heterocycles. The molecule has 0 unspecified atom stereocenters. The molecular weight excluding hydrogens is 308 g/mol. The van der Waals surface area contributed by atoms with E-state index in [2.05, 4.69) is 24.1 Å². The van der Waals surface area contributed by atoms with Crippen LogP contribution in [0.1, 0.15) is 30.9 Å². The molecule has 0 saturated carbocycles. The molecule has 0 fully saturated rings. The molecule has 0 aliphatic carbocycles. The zero-order valence-corrected chi connectivity index (χ0v) is 13.9. The number of rotatable bonds is 4. The van der Waals surface area contributed by atoms with E-state index in [1.165, 1.54) is 5.56 Å². The molecule has 0 spiro atoms.